The first-order valence-corrected chi connectivity index (χ1v) is 8.67. The van der Waals surface area contributed by atoms with Crippen LogP contribution in [-0.4, -0.2) is 24.0 Å². The zero-order valence-corrected chi connectivity index (χ0v) is 14.0. The van der Waals surface area contributed by atoms with Crippen LogP contribution in [0.15, 0.2) is 24.3 Å². The van der Waals surface area contributed by atoms with Gasteiger partial charge in [-0.25, -0.2) is 0 Å². The minimum Gasteiger partial charge on any atom is -0.326 e. The third kappa shape index (κ3) is 4.31. The van der Waals surface area contributed by atoms with Gasteiger partial charge in [0.2, 0.25) is 0 Å². The molecular formula is C19H32N2. The first-order valence-electron chi connectivity index (χ1n) is 8.67. The summed E-state index contributed by atoms with van der Waals surface area (Å²) in [6.45, 7) is 4.35. The van der Waals surface area contributed by atoms with Gasteiger partial charge in [0, 0.05) is 18.1 Å². The van der Waals surface area contributed by atoms with Crippen LogP contribution in [-0.2, 0) is 0 Å². The van der Waals surface area contributed by atoms with E-state index < -0.39 is 0 Å². The van der Waals surface area contributed by atoms with E-state index in [0.717, 1.165) is 6.42 Å². The molecule has 0 amide bonds. The maximum absolute atomic E-state index is 6.49. The predicted molar refractivity (Wildman–Crippen MR) is 91.4 cm³/mol. The van der Waals surface area contributed by atoms with Gasteiger partial charge in [0.15, 0.2) is 0 Å². The molecular weight excluding hydrogens is 256 g/mol. The van der Waals surface area contributed by atoms with Crippen LogP contribution in [0.25, 0.3) is 0 Å². The summed E-state index contributed by atoms with van der Waals surface area (Å²) in [5, 5.41) is 0. The summed E-state index contributed by atoms with van der Waals surface area (Å²) in [5.41, 5.74) is 9.19. The van der Waals surface area contributed by atoms with E-state index in [-0.39, 0.29) is 6.04 Å². The van der Waals surface area contributed by atoms with Crippen molar-refractivity contribution in [3.8, 4) is 0 Å². The minimum atomic E-state index is 0.209. The summed E-state index contributed by atoms with van der Waals surface area (Å²) in [7, 11) is 2.29. The van der Waals surface area contributed by atoms with Crippen LogP contribution in [0, 0.1) is 6.92 Å². The van der Waals surface area contributed by atoms with Gasteiger partial charge in [-0.15, -0.1) is 0 Å². The Kier molecular flexibility index (Phi) is 6.25. The summed E-state index contributed by atoms with van der Waals surface area (Å²) in [4.78, 5) is 2.57. The molecule has 2 nitrogen and oxygen atoms in total. The third-order valence-corrected chi connectivity index (χ3v) is 5.14. The van der Waals surface area contributed by atoms with E-state index in [2.05, 4.69) is 50.1 Å². The van der Waals surface area contributed by atoms with Gasteiger partial charge in [-0.3, -0.25) is 4.90 Å². The van der Waals surface area contributed by atoms with Crippen molar-refractivity contribution in [2.75, 3.05) is 7.05 Å². The SMILES string of the molecule is CCC(N)C(c1ccc(C)cc1)N(C)C1CCCCCC1. The Morgan fingerprint density at radius 2 is 1.67 bits per heavy atom. The molecule has 2 N–H and O–H groups in total. The van der Waals surface area contributed by atoms with Crippen LogP contribution in [0.2, 0.25) is 0 Å². The topological polar surface area (TPSA) is 29.3 Å². The summed E-state index contributed by atoms with van der Waals surface area (Å²) in [5.74, 6) is 0. The monoisotopic (exact) mass is 288 g/mol. The van der Waals surface area contributed by atoms with Gasteiger partial charge in [-0.2, -0.15) is 0 Å². The first-order chi connectivity index (χ1) is 10.1. The van der Waals surface area contributed by atoms with Gasteiger partial charge in [0.1, 0.15) is 0 Å². The fraction of sp³-hybridized carbons (Fsp3) is 0.684. The Labute approximate surface area is 130 Å². The Morgan fingerprint density at radius 3 is 2.19 bits per heavy atom. The van der Waals surface area contributed by atoms with Crippen LogP contribution in [0.5, 0.6) is 0 Å². The molecule has 1 aromatic carbocycles. The highest BCUT2D eigenvalue weighted by Crippen LogP contribution is 2.31. The molecule has 0 radical (unpaired) electrons. The molecule has 2 atom stereocenters. The number of nitrogens with two attached hydrogens (primary N) is 1. The Hall–Kier alpha value is -0.860. The van der Waals surface area contributed by atoms with Gasteiger partial charge in [0.05, 0.1) is 0 Å². The van der Waals surface area contributed by atoms with Gasteiger partial charge in [-0.1, -0.05) is 62.4 Å². The van der Waals surface area contributed by atoms with Crippen molar-refractivity contribution in [3.63, 3.8) is 0 Å². The Bertz CT molecular complexity index is 404. The van der Waals surface area contributed by atoms with E-state index in [0.29, 0.717) is 12.1 Å². The van der Waals surface area contributed by atoms with Crippen molar-refractivity contribution in [1.29, 1.82) is 0 Å². The highest BCUT2D eigenvalue weighted by molar-refractivity contribution is 5.25. The van der Waals surface area contributed by atoms with Crippen molar-refractivity contribution in [1.82, 2.24) is 4.90 Å². The standard InChI is InChI=1S/C19H32N2/c1-4-18(20)19(16-13-11-15(2)12-14-16)21(3)17-9-7-5-6-8-10-17/h11-14,17-19H,4-10,20H2,1-3H3. The third-order valence-electron chi connectivity index (χ3n) is 5.14. The molecule has 2 rings (SSSR count). The number of aryl methyl sites for hydroxylation is 1. The van der Waals surface area contributed by atoms with Crippen LogP contribution >= 0.6 is 0 Å². The minimum absolute atomic E-state index is 0.209. The number of rotatable bonds is 5. The molecule has 0 aliphatic heterocycles. The molecule has 1 saturated carbocycles. The highest BCUT2D eigenvalue weighted by Gasteiger charge is 2.28. The maximum atomic E-state index is 6.49. The number of hydrogen-bond donors (Lipinski definition) is 1. The summed E-state index contributed by atoms with van der Waals surface area (Å²) in [6.07, 6.45) is 9.23. The van der Waals surface area contributed by atoms with Crippen LogP contribution in [0.4, 0.5) is 0 Å². The van der Waals surface area contributed by atoms with Crippen molar-refractivity contribution in [3.05, 3.63) is 35.4 Å². The second-order valence-corrected chi connectivity index (χ2v) is 6.74. The van der Waals surface area contributed by atoms with Gasteiger partial charge in [0.25, 0.3) is 0 Å². The molecule has 1 fully saturated rings. The lowest BCUT2D eigenvalue weighted by Gasteiger charge is -2.38. The first kappa shape index (κ1) is 16.5. The van der Waals surface area contributed by atoms with E-state index in [1.807, 2.05) is 0 Å². The summed E-state index contributed by atoms with van der Waals surface area (Å²) in [6, 6.07) is 10.2. The maximum Gasteiger partial charge on any atom is 0.0498 e. The second-order valence-electron chi connectivity index (χ2n) is 6.74. The average molecular weight is 288 g/mol. The predicted octanol–water partition coefficient (Wildman–Crippen LogP) is 4.43. The summed E-state index contributed by atoms with van der Waals surface area (Å²) >= 11 is 0. The fourth-order valence-corrected chi connectivity index (χ4v) is 3.66. The molecule has 0 bridgehead atoms. The van der Waals surface area contributed by atoms with Crippen LogP contribution < -0.4 is 5.73 Å². The van der Waals surface area contributed by atoms with Gasteiger partial charge >= 0.3 is 0 Å². The Morgan fingerprint density at radius 1 is 1.10 bits per heavy atom. The number of nitrogens with zero attached hydrogens (tertiary/aromatic N) is 1. The lowest BCUT2D eigenvalue weighted by molar-refractivity contribution is 0.135. The molecule has 0 heterocycles. The number of hydrogen-bond acceptors (Lipinski definition) is 2. The molecule has 0 saturated heterocycles. The van der Waals surface area contributed by atoms with E-state index in [4.69, 9.17) is 5.73 Å². The van der Waals surface area contributed by atoms with Crippen molar-refractivity contribution in [2.45, 2.75) is 76.9 Å². The molecule has 0 spiro atoms. The molecule has 2 unspecified atom stereocenters. The quantitative estimate of drug-likeness (QED) is 0.812. The van der Waals surface area contributed by atoms with Crippen molar-refractivity contribution >= 4 is 0 Å². The second kappa shape index (κ2) is 7.95. The van der Waals surface area contributed by atoms with Gasteiger partial charge < -0.3 is 5.73 Å². The lowest BCUT2D eigenvalue weighted by atomic mass is 9.93. The van der Waals surface area contributed by atoms with Gasteiger partial charge in [-0.05, 0) is 38.8 Å². The Balaban J connectivity index is 2.19. The normalized spacial score (nSPS) is 20.2. The highest BCUT2D eigenvalue weighted by atomic mass is 15.2. The van der Waals surface area contributed by atoms with E-state index >= 15 is 0 Å². The lowest BCUT2D eigenvalue weighted by Crippen LogP contribution is -2.43. The molecule has 1 aliphatic rings. The molecule has 1 aliphatic carbocycles. The van der Waals surface area contributed by atoms with E-state index in [1.54, 1.807) is 0 Å². The molecule has 21 heavy (non-hydrogen) atoms. The molecule has 118 valence electrons. The number of benzene rings is 1. The molecule has 0 aromatic heterocycles. The van der Waals surface area contributed by atoms with E-state index in [1.165, 1.54) is 49.7 Å². The number of likely N-dealkylation sites (N-methyl/N-ethyl adjacent to an activating group) is 1. The largest absolute Gasteiger partial charge is 0.326 e. The fourth-order valence-electron chi connectivity index (χ4n) is 3.66. The van der Waals surface area contributed by atoms with Crippen molar-refractivity contribution in [2.24, 2.45) is 5.73 Å². The zero-order valence-electron chi connectivity index (χ0n) is 14.0. The smallest absolute Gasteiger partial charge is 0.0498 e. The van der Waals surface area contributed by atoms with Crippen LogP contribution in [0.3, 0.4) is 0 Å². The van der Waals surface area contributed by atoms with Crippen LogP contribution in [0.1, 0.15) is 69.0 Å². The average Bonchev–Trinajstić information content (AvgIpc) is 2.78. The molecule has 2 heteroatoms. The van der Waals surface area contributed by atoms with E-state index in [9.17, 15) is 0 Å². The zero-order chi connectivity index (χ0) is 15.2. The molecule has 1 aromatic rings. The van der Waals surface area contributed by atoms with Crippen molar-refractivity contribution < 1.29 is 0 Å². The summed E-state index contributed by atoms with van der Waals surface area (Å²) < 4.78 is 0.